The van der Waals surface area contributed by atoms with E-state index in [1.807, 2.05) is 0 Å². The van der Waals surface area contributed by atoms with E-state index in [-0.39, 0.29) is 0 Å². The van der Waals surface area contributed by atoms with E-state index < -0.39 is 0 Å². The molecule has 0 radical (unpaired) electrons. The third kappa shape index (κ3) is 3.14. The molecule has 94 valence electrons. The molecule has 2 fully saturated rings. The van der Waals surface area contributed by atoms with Crippen molar-refractivity contribution in [3.63, 3.8) is 0 Å². The minimum atomic E-state index is 0.464. The highest BCUT2D eigenvalue weighted by Gasteiger charge is 2.32. The molecule has 1 heterocycles. The fourth-order valence-corrected chi connectivity index (χ4v) is 4.41. The number of hydrogen-bond donors (Lipinski definition) is 1. The molecular weight excluding hydrogens is 216 g/mol. The summed E-state index contributed by atoms with van der Waals surface area (Å²) in [6, 6.07) is 0.776. The van der Waals surface area contributed by atoms with Gasteiger partial charge >= 0.3 is 0 Å². The SMILES string of the molecule is CNC1CCCC1CN1CCSC(C)(C)C1. The number of rotatable bonds is 3. The zero-order valence-corrected chi connectivity index (χ0v) is 11.8. The zero-order valence-electron chi connectivity index (χ0n) is 11.0. The summed E-state index contributed by atoms with van der Waals surface area (Å²) < 4.78 is 0.464. The van der Waals surface area contributed by atoms with Crippen molar-refractivity contribution in [2.45, 2.75) is 43.9 Å². The van der Waals surface area contributed by atoms with Gasteiger partial charge in [0.05, 0.1) is 0 Å². The number of hydrogen-bond acceptors (Lipinski definition) is 3. The van der Waals surface area contributed by atoms with Crippen molar-refractivity contribution >= 4 is 11.8 Å². The Labute approximate surface area is 105 Å². The Morgan fingerprint density at radius 1 is 1.38 bits per heavy atom. The van der Waals surface area contributed by atoms with Crippen LogP contribution in [0.1, 0.15) is 33.1 Å². The van der Waals surface area contributed by atoms with Crippen molar-refractivity contribution in [2.75, 3.05) is 32.4 Å². The van der Waals surface area contributed by atoms with Crippen molar-refractivity contribution in [3.05, 3.63) is 0 Å². The van der Waals surface area contributed by atoms with Crippen LogP contribution in [0.3, 0.4) is 0 Å². The Morgan fingerprint density at radius 3 is 2.88 bits per heavy atom. The molecule has 0 aromatic carbocycles. The van der Waals surface area contributed by atoms with Crippen LogP contribution in [0.4, 0.5) is 0 Å². The molecule has 0 spiro atoms. The normalized spacial score (nSPS) is 35.4. The highest BCUT2D eigenvalue weighted by Crippen LogP contribution is 2.32. The van der Waals surface area contributed by atoms with E-state index in [0.29, 0.717) is 4.75 Å². The van der Waals surface area contributed by atoms with Gasteiger partial charge in [0, 0.05) is 36.2 Å². The van der Waals surface area contributed by atoms with Gasteiger partial charge in [-0.15, -0.1) is 0 Å². The van der Waals surface area contributed by atoms with E-state index in [4.69, 9.17) is 0 Å². The van der Waals surface area contributed by atoms with E-state index in [9.17, 15) is 0 Å². The first-order valence-corrected chi connectivity index (χ1v) is 7.63. The molecular formula is C13H26N2S. The van der Waals surface area contributed by atoms with Crippen LogP contribution >= 0.6 is 11.8 Å². The minimum Gasteiger partial charge on any atom is -0.317 e. The predicted molar refractivity (Wildman–Crippen MR) is 73.2 cm³/mol. The molecule has 0 aromatic heterocycles. The van der Waals surface area contributed by atoms with Gasteiger partial charge < -0.3 is 10.2 Å². The summed E-state index contributed by atoms with van der Waals surface area (Å²) in [6.45, 7) is 8.64. The first-order valence-electron chi connectivity index (χ1n) is 6.64. The van der Waals surface area contributed by atoms with Gasteiger partial charge in [0.1, 0.15) is 0 Å². The van der Waals surface area contributed by atoms with Gasteiger partial charge in [-0.25, -0.2) is 0 Å². The van der Waals surface area contributed by atoms with Crippen LogP contribution in [0.5, 0.6) is 0 Å². The molecule has 2 unspecified atom stereocenters. The van der Waals surface area contributed by atoms with E-state index in [1.165, 1.54) is 44.6 Å². The smallest absolute Gasteiger partial charge is 0.0231 e. The largest absolute Gasteiger partial charge is 0.317 e. The van der Waals surface area contributed by atoms with Crippen LogP contribution in [0, 0.1) is 5.92 Å². The summed E-state index contributed by atoms with van der Waals surface area (Å²) in [5, 5.41) is 3.49. The second-order valence-electron chi connectivity index (χ2n) is 5.93. The van der Waals surface area contributed by atoms with Crippen molar-refractivity contribution in [1.29, 1.82) is 0 Å². The topological polar surface area (TPSA) is 15.3 Å². The molecule has 2 atom stereocenters. The maximum atomic E-state index is 3.49. The third-order valence-electron chi connectivity index (χ3n) is 4.03. The van der Waals surface area contributed by atoms with Crippen molar-refractivity contribution in [2.24, 2.45) is 5.92 Å². The lowest BCUT2D eigenvalue weighted by atomic mass is 10.0. The quantitative estimate of drug-likeness (QED) is 0.817. The lowest BCUT2D eigenvalue weighted by Gasteiger charge is -2.39. The summed E-state index contributed by atoms with van der Waals surface area (Å²) in [7, 11) is 2.12. The highest BCUT2D eigenvalue weighted by molar-refractivity contribution is 8.00. The van der Waals surface area contributed by atoms with Gasteiger partial charge in [0.15, 0.2) is 0 Å². The maximum absolute atomic E-state index is 3.49. The molecule has 2 nitrogen and oxygen atoms in total. The Morgan fingerprint density at radius 2 is 2.19 bits per heavy atom. The van der Waals surface area contributed by atoms with Crippen molar-refractivity contribution in [3.8, 4) is 0 Å². The summed E-state index contributed by atoms with van der Waals surface area (Å²) in [4.78, 5) is 2.69. The van der Waals surface area contributed by atoms with Crippen molar-refractivity contribution < 1.29 is 0 Å². The maximum Gasteiger partial charge on any atom is 0.0231 e. The van der Waals surface area contributed by atoms with Crippen LogP contribution in [0.2, 0.25) is 0 Å². The Bertz CT molecular complexity index is 230. The Hall–Kier alpha value is 0.270. The van der Waals surface area contributed by atoms with Crippen LogP contribution < -0.4 is 5.32 Å². The molecule has 1 aliphatic heterocycles. The molecule has 0 amide bonds. The van der Waals surface area contributed by atoms with E-state index in [1.54, 1.807) is 0 Å². The van der Waals surface area contributed by atoms with E-state index in [0.717, 1.165) is 12.0 Å². The molecule has 2 aliphatic rings. The number of nitrogens with one attached hydrogen (secondary N) is 1. The summed E-state index contributed by atoms with van der Waals surface area (Å²) in [5.41, 5.74) is 0. The van der Waals surface area contributed by atoms with Crippen LogP contribution in [0.25, 0.3) is 0 Å². The van der Waals surface area contributed by atoms with E-state index >= 15 is 0 Å². The zero-order chi connectivity index (χ0) is 11.6. The van der Waals surface area contributed by atoms with Crippen LogP contribution in [0.15, 0.2) is 0 Å². The average molecular weight is 242 g/mol. The summed E-state index contributed by atoms with van der Waals surface area (Å²) >= 11 is 2.13. The summed E-state index contributed by atoms with van der Waals surface area (Å²) in [6.07, 6.45) is 4.23. The Kier molecular flexibility index (Phi) is 4.20. The molecule has 2 rings (SSSR count). The second kappa shape index (κ2) is 5.28. The molecule has 3 heteroatoms. The lowest BCUT2D eigenvalue weighted by molar-refractivity contribution is 0.207. The van der Waals surface area contributed by atoms with Crippen LogP contribution in [-0.2, 0) is 0 Å². The first-order chi connectivity index (χ1) is 7.61. The Balaban J connectivity index is 1.84. The van der Waals surface area contributed by atoms with Gasteiger partial charge in [-0.3, -0.25) is 0 Å². The van der Waals surface area contributed by atoms with Gasteiger partial charge in [-0.2, -0.15) is 11.8 Å². The second-order valence-corrected chi connectivity index (χ2v) is 7.73. The third-order valence-corrected chi connectivity index (χ3v) is 5.32. The predicted octanol–water partition coefficient (Wildman–Crippen LogP) is 2.20. The number of thioether (sulfide) groups is 1. The standard InChI is InChI=1S/C13H26N2S/c1-13(2)10-15(7-8-16-13)9-11-5-4-6-12(11)14-3/h11-12,14H,4-10H2,1-3H3. The van der Waals surface area contributed by atoms with E-state index in [2.05, 4.69) is 42.9 Å². The minimum absolute atomic E-state index is 0.464. The van der Waals surface area contributed by atoms with Gasteiger partial charge in [0.2, 0.25) is 0 Å². The van der Waals surface area contributed by atoms with Gasteiger partial charge in [0.25, 0.3) is 0 Å². The van der Waals surface area contributed by atoms with Crippen molar-refractivity contribution in [1.82, 2.24) is 10.2 Å². The molecule has 0 bridgehead atoms. The molecule has 1 saturated heterocycles. The number of nitrogens with zero attached hydrogens (tertiary/aromatic N) is 1. The monoisotopic (exact) mass is 242 g/mol. The highest BCUT2D eigenvalue weighted by atomic mass is 32.2. The molecule has 1 saturated carbocycles. The van der Waals surface area contributed by atoms with Crippen LogP contribution in [-0.4, -0.2) is 48.1 Å². The molecule has 1 aliphatic carbocycles. The molecule has 1 N–H and O–H groups in total. The fourth-order valence-electron chi connectivity index (χ4n) is 3.24. The van der Waals surface area contributed by atoms with Gasteiger partial charge in [-0.1, -0.05) is 6.42 Å². The fraction of sp³-hybridized carbons (Fsp3) is 1.00. The summed E-state index contributed by atoms with van der Waals surface area (Å²) in [5.74, 6) is 2.20. The first kappa shape index (κ1) is 12.7. The van der Waals surface area contributed by atoms with Gasteiger partial charge in [-0.05, 0) is 39.7 Å². The average Bonchev–Trinajstić information content (AvgIpc) is 2.63. The molecule has 16 heavy (non-hydrogen) atoms. The lowest BCUT2D eigenvalue weighted by Crippen LogP contribution is -2.47. The molecule has 0 aromatic rings.